The van der Waals surface area contributed by atoms with Crippen molar-refractivity contribution in [2.45, 2.75) is 13.5 Å². The summed E-state index contributed by atoms with van der Waals surface area (Å²) in [4.78, 5) is 12.2. The molecule has 112 valence electrons. The number of benzene rings is 2. The number of amides is 1. The Hall–Kier alpha value is -2.33. The van der Waals surface area contributed by atoms with E-state index in [0.29, 0.717) is 28.1 Å². The summed E-state index contributed by atoms with van der Waals surface area (Å²) in [7, 11) is 0. The average molecular weight is 318 g/mol. The fraction of sp³-hybridized carbons (Fsp3) is 0.118. The van der Waals surface area contributed by atoms with Crippen LogP contribution < -0.4 is 5.32 Å². The molecule has 0 fully saturated rings. The number of hydrogen-bond acceptors (Lipinski definition) is 2. The number of hydrogen-bond donors (Lipinski definition) is 1. The first-order valence-corrected chi connectivity index (χ1v) is 7.13. The van der Waals surface area contributed by atoms with Crippen LogP contribution in [0.2, 0.25) is 5.02 Å². The Bertz CT molecular complexity index is 840. The topological polar surface area (TPSA) is 42.2 Å². The molecule has 3 rings (SSSR count). The van der Waals surface area contributed by atoms with Crippen molar-refractivity contribution >= 4 is 28.5 Å². The Balaban J connectivity index is 1.80. The number of furan rings is 1. The molecule has 0 atom stereocenters. The summed E-state index contributed by atoms with van der Waals surface area (Å²) >= 11 is 5.82. The smallest absolute Gasteiger partial charge is 0.287 e. The average Bonchev–Trinajstić information content (AvgIpc) is 2.83. The van der Waals surface area contributed by atoms with E-state index in [-0.39, 0.29) is 17.5 Å². The maximum atomic E-state index is 13.3. The molecule has 1 heterocycles. The van der Waals surface area contributed by atoms with Gasteiger partial charge in [0, 0.05) is 22.5 Å². The predicted molar refractivity (Wildman–Crippen MR) is 83.5 cm³/mol. The van der Waals surface area contributed by atoms with Crippen molar-refractivity contribution in [3.63, 3.8) is 0 Å². The summed E-state index contributed by atoms with van der Waals surface area (Å²) in [6.45, 7) is 2.10. The zero-order valence-corrected chi connectivity index (χ0v) is 12.6. The van der Waals surface area contributed by atoms with E-state index < -0.39 is 0 Å². The molecule has 2 aromatic carbocycles. The van der Waals surface area contributed by atoms with Crippen molar-refractivity contribution in [1.29, 1.82) is 0 Å². The summed E-state index contributed by atoms with van der Waals surface area (Å²) < 4.78 is 18.8. The largest absolute Gasteiger partial charge is 0.451 e. The van der Waals surface area contributed by atoms with Gasteiger partial charge in [0.15, 0.2) is 5.76 Å². The Labute approximate surface area is 131 Å². The minimum Gasteiger partial charge on any atom is -0.451 e. The maximum Gasteiger partial charge on any atom is 0.287 e. The lowest BCUT2D eigenvalue weighted by molar-refractivity contribution is 0.0924. The van der Waals surface area contributed by atoms with Gasteiger partial charge in [-0.1, -0.05) is 23.7 Å². The lowest BCUT2D eigenvalue weighted by Crippen LogP contribution is -2.22. The molecule has 22 heavy (non-hydrogen) atoms. The molecule has 1 amide bonds. The van der Waals surface area contributed by atoms with Crippen LogP contribution in [0.5, 0.6) is 0 Å². The number of carbonyl (C=O) groups is 1. The standard InChI is InChI=1S/C17H13ClFNO2/c1-10-14-8-13(19)6-7-15(14)22-16(10)17(21)20-9-11-2-4-12(18)5-3-11/h2-8H,9H2,1H3,(H,20,21). The quantitative estimate of drug-likeness (QED) is 0.774. The molecule has 0 spiro atoms. The van der Waals surface area contributed by atoms with Crippen LogP contribution in [0.4, 0.5) is 4.39 Å². The highest BCUT2D eigenvalue weighted by atomic mass is 35.5. The van der Waals surface area contributed by atoms with Gasteiger partial charge < -0.3 is 9.73 Å². The van der Waals surface area contributed by atoms with E-state index in [1.54, 1.807) is 19.1 Å². The fourth-order valence-corrected chi connectivity index (χ4v) is 2.40. The van der Waals surface area contributed by atoms with Crippen molar-refractivity contribution in [3.8, 4) is 0 Å². The Morgan fingerprint density at radius 3 is 2.68 bits per heavy atom. The van der Waals surface area contributed by atoms with E-state index in [1.165, 1.54) is 18.2 Å². The van der Waals surface area contributed by atoms with Gasteiger partial charge in [0.1, 0.15) is 11.4 Å². The number of carbonyl (C=O) groups excluding carboxylic acids is 1. The molecule has 0 unspecified atom stereocenters. The van der Waals surface area contributed by atoms with Gasteiger partial charge in [0.25, 0.3) is 5.91 Å². The third kappa shape index (κ3) is 2.83. The van der Waals surface area contributed by atoms with Crippen molar-refractivity contribution in [3.05, 3.63) is 70.2 Å². The first-order valence-electron chi connectivity index (χ1n) is 6.76. The third-order valence-electron chi connectivity index (χ3n) is 3.47. The zero-order chi connectivity index (χ0) is 15.7. The monoisotopic (exact) mass is 317 g/mol. The maximum absolute atomic E-state index is 13.3. The van der Waals surface area contributed by atoms with Crippen LogP contribution in [0.3, 0.4) is 0 Å². The first kappa shape index (κ1) is 14.6. The summed E-state index contributed by atoms with van der Waals surface area (Å²) in [5, 5.41) is 4.03. The van der Waals surface area contributed by atoms with Gasteiger partial charge in [-0.15, -0.1) is 0 Å². The third-order valence-corrected chi connectivity index (χ3v) is 3.72. The van der Waals surface area contributed by atoms with Gasteiger partial charge >= 0.3 is 0 Å². The molecule has 0 saturated heterocycles. The normalized spacial score (nSPS) is 10.9. The van der Waals surface area contributed by atoms with Gasteiger partial charge in [0.05, 0.1) is 0 Å². The zero-order valence-electron chi connectivity index (χ0n) is 11.8. The molecule has 3 nitrogen and oxygen atoms in total. The molecule has 0 aliphatic heterocycles. The van der Waals surface area contributed by atoms with E-state index in [2.05, 4.69) is 5.32 Å². The molecule has 0 saturated carbocycles. The lowest BCUT2D eigenvalue weighted by Gasteiger charge is -2.04. The first-order chi connectivity index (χ1) is 10.5. The minimum absolute atomic E-state index is 0.203. The number of halogens is 2. The van der Waals surface area contributed by atoms with Gasteiger partial charge in [-0.25, -0.2) is 4.39 Å². The second-order valence-electron chi connectivity index (χ2n) is 5.01. The molecule has 0 aliphatic rings. The molecular formula is C17H13ClFNO2. The summed E-state index contributed by atoms with van der Waals surface area (Å²) in [6, 6.07) is 11.4. The number of nitrogens with one attached hydrogen (secondary N) is 1. The van der Waals surface area contributed by atoms with Crippen LogP contribution in [0.15, 0.2) is 46.9 Å². The number of aryl methyl sites for hydroxylation is 1. The van der Waals surface area contributed by atoms with Gasteiger partial charge in [-0.05, 0) is 42.8 Å². The summed E-state index contributed by atoms with van der Waals surface area (Å²) in [6.07, 6.45) is 0. The van der Waals surface area contributed by atoms with Crippen LogP contribution in [0.1, 0.15) is 21.7 Å². The Kier molecular flexibility index (Phi) is 3.86. The molecule has 0 aliphatic carbocycles. The molecule has 1 N–H and O–H groups in total. The number of rotatable bonds is 3. The molecule has 5 heteroatoms. The highest BCUT2D eigenvalue weighted by Gasteiger charge is 2.17. The fourth-order valence-electron chi connectivity index (χ4n) is 2.27. The van der Waals surface area contributed by atoms with Crippen molar-refractivity contribution in [2.24, 2.45) is 0 Å². The predicted octanol–water partition coefficient (Wildman–Crippen LogP) is 4.46. The van der Waals surface area contributed by atoms with E-state index in [4.69, 9.17) is 16.0 Å². The van der Waals surface area contributed by atoms with E-state index in [1.807, 2.05) is 12.1 Å². The second-order valence-corrected chi connectivity index (χ2v) is 5.44. The number of fused-ring (bicyclic) bond motifs is 1. The molecular weight excluding hydrogens is 305 g/mol. The van der Waals surface area contributed by atoms with Crippen molar-refractivity contribution in [1.82, 2.24) is 5.32 Å². The SMILES string of the molecule is Cc1c(C(=O)NCc2ccc(Cl)cc2)oc2ccc(F)cc12. The lowest BCUT2D eigenvalue weighted by atomic mass is 10.1. The molecule has 1 aromatic heterocycles. The van der Waals surface area contributed by atoms with E-state index >= 15 is 0 Å². The van der Waals surface area contributed by atoms with E-state index in [9.17, 15) is 9.18 Å². The van der Waals surface area contributed by atoms with Crippen molar-refractivity contribution < 1.29 is 13.6 Å². The van der Waals surface area contributed by atoms with Crippen LogP contribution in [-0.2, 0) is 6.54 Å². The van der Waals surface area contributed by atoms with Crippen LogP contribution in [0.25, 0.3) is 11.0 Å². The highest BCUT2D eigenvalue weighted by Crippen LogP contribution is 2.26. The second kappa shape index (κ2) is 5.81. The molecule has 3 aromatic rings. The van der Waals surface area contributed by atoms with Gasteiger partial charge in [0.2, 0.25) is 0 Å². The van der Waals surface area contributed by atoms with Gasteiger partial charge in [-0.3, -0.25) is 4.79 Å². The summed E-state index contributed by atoms with van der Waals surface area (Å²) in [5.41, 5.74) is 2.05. The van der Waals surface area contributed by atoms with Gasteiger partial charge in [-0.2, -0.15) is 0 Å². The summed E-state index contributed by atoms with van der Waals surface area (Å²) in [5.74, 6) is -0.483. The van der Waals surface area contributed by atoms with Crippen LogP contribution >= 0.6 is 11.6 Å². The highest BCUT2D eigenvalue weighted by molar-refractivity contribution is 6.30. The molecule has 0 radical (unpaired) electrons. The van der Waals surface area contributed by atoms with E-state index in [0.717, 1.165) is 5.56 Å². The molecule has 0 bridgehead atoms. The van der Waals surface area contributed by atoms with Crippen molar-refractivity contribution in [2.75, 3.05) is 0 Å². The van der Waals surface area contributed by atoms with Crippen LogP contribution in [0, 0.1) is 12.7 Å². The minimum atomic E-state index is -0.357. The van der Waals surface area contributed by atoms with Crippen LogP contribution in [-0.4, -0.2) is 5.91 Å². The Morgan fingerprint density at radius 1 is 1.23 bits per heavy atom. The Morgan fingerprint density at radius 2 is 1.95 bits per heavy atom.